The molecular weight excluding hydrogens is 782 g/mol. The summed E-state index contributed by atoms with van der Waals surface area (Å²) < 4.78 is 34.4. The molecule has 0 bridgehead atoms. The first-order valence-corrected chi connectivity index (χ1v) is 24.0. The van der Waals surface area contributed by atoms with Crippen LogP contribution in [0.4, 0.5) is 0 Å². The summed E-state index contributed by atoms with van der Waals surface area (Å²) in [5, 5.41) is 0. The Balaban J connectivity index is 4.50. The Labute approximate surface area is 372 Å². The van der Waals surface area contributed by atoms with Gasteiger partial charge in [-0.1, -0.05) is 160 Å². The Bertz CT molecular complexity index is 1470. The molecule has 2 unspecified atom stereocenters. The Hall–Kier alpha value is -3.62. The average Bonchev–Trinajstić information content (AvgIpc) is 3.22. The predicted octanol–water partition coefficient (Wildman–Crippen LogP) is 13.1. The topological polar surface area (TPSA) is 94.1 Å². The van der Waals surface area contributed by atoms with Gasteiger partial charge in [0.15, 0.2) is 0 Å². The predicted molar refractivity (Wildman–Crippen MR) is 258 cm³/mol. The highest BCUT2D eigenvalue weighted by Gasteiger charge is 2.20. The molecule has 0 heterocycles. The molecule has 0 aromatic rings. The van der Waals surface area contributed by atoms with Crippen LogP contribution < -0.4 is 4.89 Å². The number of unbranched alkanes of at least 4 members (excludes halogenated alkanes) is 1. The molecule has 61 heavy (non-hydrogen) atoms. The van der Waals surface area contributed by atoms with E-state index >= 15 is 0 Å². The third kappa shape index (κ3) is 47.3. The van der Waals surface area contributed by atoms with Crippen molar-refractivity contribution in [2.45, 2.75) is 123 Å². The average molecular weight is 864 g/mol. The summed E-state index contributed by atoms with van der Waals surface area (Å²) in [6.07, 6.45) is 64.7. The van der Waals surface area contributed by atoms with E-state index < -0.39 is 19.9 Å². The van der Waals surface area contributed by atoms with E-state index in [0.717, 1.165) is 89.9 Å². The van der Waals surface area contributed by atoms with Crippen LogP contribution >= 0.6 is 7.82 Å². The zero-order valence-electron chi connectivity index (χ0n) is 38.5. The highest BCUT2D eigenvalue weighted by atomic mass is 31.2. The van der Waals surface area contributed by atoms with E-state index in [9.17, 15) is 14.3 Å². The van der Waals surface area contributed by atoms with Crippen molar-refractivity contribution in [2.75, 3.05) is 54.1 Å². The number of likely N-dealkylation sites (N-methyl/N-ethyl adjacent to an activating group) is 1. The van der Waals surface area contributed by atoms with Crippen LogP contribution in [-0.2, 0) is 27.9 Å². The van der Waals surface area contributed by atoms with Crippen LogP contribution in [-0.4, -0.2) is 70.7 Å². The lowest BCUT2D eigenvalue weighted by Crippen LogP contribution is -2.37. The van der Waals surface area contributed by atoms with Crippen molar-refractivity contribution in [1.29, 1.82) is 0 Å². The number of hydrogen-bond donors (Lipinski definition) is 0. The molecule has 0 aliphatic heterocycles. The Morgan fingerprint density at radius 1 is 0.508 bits per heavy atom. The van der Waals surface area contributed by atoms with Gasteiger partial charge in [0.2, 0.25) is 0 Å². The molecule has 0 N–H and O–H groups in total. The normalized spacial score (nSPS) is 15.0. The molecule has 0 saturated heterocycles. The van der Waals surface area contributed by atoms with E-state index in [1.165, 1.54) is 0 Å². The molecule has 0 aromatic heterocycles. The fraction of sp³-hybridized carbons (Fsp3) is 0.519. The quantitative estimate of drug-likeness (QED) is 0.0200. The summed E-state index contributed by atoms with van der Waals surface area (Å²) in [5.41, 5.74) is 0. The minimum Gasteiger partial charge on any atom is -0.756 e. The van der Waals surface area contributed by atoms with Gasteiger partial charge in [-0.25, -0.2) is 0 Å². The summed E-state index contributed by atoms with van der Waals surface area (Å²) in [5.74, 6) is -0.443. The number of carbonyl (C=O) groups excluding carboxylic acids is 1. The first kappa shape index (κ1) is 57.4. The van der Waals surface area contributed by atoms with Crippen LogP contribution in [0.5, 0.6) is 0 Å². The monoisotopic (exact) mass is 864 g/mol. The maximum atomic E-state index is 12.7. The molecule has 9 heteroatoms. The Morgan fingerprint density at radius 3 is 1.25 bits per heavy atom. The molecule has 0 spiro atoms. The van der Waals surface area contributed by atoms with Crippen molar-refractivity contribution in [2.24, 2.45) is 0 Å². The minimum atomic E-state index is -4.58. The van der Waals surface area contributed by atoms with E-state index in [1.54, 1.807) is 0 Å². The number of ether oxygens (including phenoxy) is 2. The maximum Gasteiger partial charge on any atom is 0.306 e. The molecule has 0 aromatic carbocycles. The number of esters is 1. The van der Waals surface area contributed by atoms with Crippen LogP contribution in [0.15, 0.2) is 146 Å². The molecular formula is C52H82NO7P. The van der Waals surface area contributed by atoms with Crippen molar-refractivity contribution in [3.63, 3.8) is 0 Å². The van der Waals surface area contributed by atoms with E-state index in [0.29, 0.717) is 24.1 Å². The number of carbonyl (C=O) groups is 1. The second-order valence-electron chi connectivity index (χ2n) is 15.3. The molecule has 342 valence electrons. The second-order valence-corrected chi connectivity index (χ2v) is 16.7. The number of nitrogens with zero attached hydrogens (tertiary/aromatic N) is 1. The van der Waals surface area contributed by atoms with E-state index in [1.807, 2.05) is 33.3 Å². The van der Waals surface area contributed by atoms with Gasteiger partial charge in [-0.15, -0.1) is 0 Å². The zero-order valence-corrected chi connectivity index (χ0v) is 39.4. The summed E-state index contributed by atoms with van der Waals surface area (Å²) in [4.78, 5) is 25.1. The van der Waals surface area contributed by atoms with Crippen molar-refractivity contribution < 1.29 is 37.3 Å². The minimum absolute atomic E-state index is 0.00815. The summed E-state index contributed by atoms with van der Waals surface area (Å²) in [6, 6.07) is 0. The van der Waals surface area contributed by atoms with Gasteiger partial charge < -0.3 is 27.9 Å². The number of allylic oxidation sites excluding steroid dienone is 24. The van der Waals surface area contributed by atoms with E-state index in [2.05, 4.69) is 148 Å². The first-order chi connectivity index (χ1) is 29.6. The van der Waals surface area contributed by atoms with Crippen LogP contribution in [0, 0.1) is 0 Å². The molecule has 0 aliphatic rings. The lowest BCUT2D eigenvalue weighted by atomic mass is 10.2. The largest absolute Gasteiger partial charge is 0.756 e. The Morgan fingerprint density at radius 2 is 0.869 bits per heavy atom. The second kappa shape index (κ2) is 43.0. The van der Waals surface area contributed by atoms with E-state index in [-0.39, 0.29) is 26.2 Å². The van der Waals surface area contributed by atoms with Crippen molar-refractivity contribution in [1.82, 2.24) is 0 Å². The fourth-order valence-electron chi connectivity index (χ4n) is 5.00. The summed E-state index contributed by atoms with van der Waals surface area (Å²) in [7, 11) is 1.24. The van der Waals surface area contributed by atoms with Gasteiger partial charge in [-0.05, 0) is 96.3 Å². The van der Waals surface area contributed by atoms with Crippen molar-refractivity contribution >= 4 is 13.8 Å². The highest BCUT2D eigenvalue weighted by Crippen LogP contribution is 2.38. The fourth-order valence-corrected chi connectivity index (χ4v) is 5.73. The van der Waals surface area contributed by atoms with Gasteiger partial charge in [0.25, 0.3) is 7.82 Å². The highest BCUT2D eigenvalue weighted by molar-refractivity contribution is 7.45. The summed E-state index contributed by atoms with van der Waals surface area (Å²) >= 11 is 0. The molecule has 8 nitrogen and oxygen atoms in total. The van der Waals surface area contributed by atoms with E-state index in [4.69, 9.17) is 18.5 Å². The molecule has 0 aliphatic carbocycles. The summed E-state index contributed by atoms with van der Waals surface area (Å²) in [6.45, 7) is 4.86. The van der Waals surface area contributed by atoms with Crippen LogP contribution in [0.3, 0.4) is 0 Å². The van der Waals surface area contributed by atoms with Crippen LogP contribution in [0.1, 0.15) is 117 Å². The van der Waals surface area contributed by atoms with Gasteiger partial charge in [0, 0.05) is 13.0 Å². The van der Waals surface area contributed by atoms with Gasteiger partial charge in [-0.2, -0.15) is 0 Å². The van der Waals surface area contributed by atoms with Gasteiger partial charge in [0.1, 0.15) is 19.3 Å². The number of quaternary nitrogens is 1. The molecule has 0 amide bonds. The SMILES string of the molecule is CC/C=C\C/C=C\C/C=C\C/C=C\C/C=C\C/C=C\CCCOCC(COP(=O)([O-])OCC[N+](C)(C)C)OC(=O)CC/C=C\C/C=C\C/C=C\C/C=C\C/C=C\C/C=C\CC. The smallest absolute Gasteiger partial charge is 0.306 e. The van der Waals surface area contributed by atoms with Gasteiger partial charge >= 0.3 is 5.97 Å². The lowest BCUT2D eigenvalue weighted by Gasteiger charge is -2.28. The number of hydrogen-bond acceptors (Lipinski definition) is 7. The number of rotatable bonds is 39. The van der Waals surface area contributed by atoms with Gasteiger partial charge in [-0.3, -0.25) is 9.36 Å². The standard InChI is InChI=1S/C52H82NO7P/c1-6-8-10-12-14-16-18-20-22-24-26-28-30-32-34-36-38-40-42-44-47-57-49-51(50-59-61(55,56)58-48-46-53(3,4)5)60-52(54)45-43-41-39-37-35-33-31-29-27-25-23-21-19-17-15-13-11-9-7-2/h8-11,14-17,20-23,26-29,32-35,38-41,51H,6-7,12-13,18-19,24-25,30-31,36-37,42-50H2,1-5H3/b10-8-,11-9-,16-14-,17-15-,22-20-,23-21-,28-26-,29-27-,34-32-,35-33-,40-38-,41-39-. The maximum absolute atomic E-state index is 12.7. The number of phosphoric acid groups is 1. The lowest BCUT2D eigenvalue weighted by molar-refractivity contribution is -0.870. The molecule has 0 saturated carbocycles. The molecule has 0 fully saturated rings. The van der Waals surface area contributed by atoms with Crippen LogP contribution in [0.25, 0.3) is 0 Å². The Kier molecular flexibility index (Phi) is 40.5. The zero-order chi connectivity index (χ0) is 44.8. The molecule has 0 radical (unpaired) electrons. The third-order valence-electron chi connectivity index (χ3n) is 8.40. The third-order valence-corrected chi connectivity index (χ3v) is 9.36. The van der Waals surface area contributed by atoms with Crippen molar-refractivity contribution in [3.05, 3.63) is 146 Å². The molecule has 0 rings (SSSR count). The number of phosphoric ester groups is 1. The van der Waals surface area contributed by atoms with Crippen LogP contribution in [0.2, 0.25) is 0 Å². The first-order valence-electron chi connectivity index (χ1n) is 22.6. The van der Waals surface area contributed by atoms with Crippen molar-refractivity contribution in [3.8, 4) is 0 Å². The van der Waals surface area contributed by atoms with Gasteiger partial charge in [0.05, 0.1) is 34.4 Å². The molecule has 2 atom stereocenters.